The summed E-state index contributed by atoms with van der Waals surface area (Å²) in [6, 6.07) is 1.97. The summed E-state index contributed by atoms with van der Waals surface area (Å²) in [5, 5.41) is 8.01. The van der Waals surface area contributed by atoms with Crippen LogP contribution in [0.2, 0.25) is 0 Å². The first-order valence-corrected chi connectivity index (χ1v) is 9.19. The Bertz CT molecular complexity index is 697. The van der Waals surface area contributed by atoms with Crippen LogP contribution in [0.25, 0.3) is 5.65 Å². The van der Waals surface area contributed by atoms with E-state index in [9.17, 15) is 0 Å². The summed E-state index contributed by atoms with van der Waals surface area (Å²) in [6.45, 7) is 0.843. The molecular formula is C17H20BrN3O. The molecule has 116 valence electrons. The Labute approximate surface area is 138 Å². The highest BCUT2D eigenvalue weighted by Crippen LogP contribution is 2.60. The molecule has 3 aliphatic carbocycles. The molecule has 2 bridgehead atoms. The molecule has 0 aromatic carbocycles. The first kappa shape index (κ1) is 13.3. The summed E-state index contributed by atoms with van der Waals surface area (Å²) in [5.74, 6) is 5.72. The molecule has 5 atom stereocenters. The number of rotatable bonds is 3. The molecule has 5 heteroatoms. The number of nitrogens with zero attached hydrogens (tertiary/aromatic N) is 3. The molecule has 3 aliphatic rings. The molecule has 4 nitrogen and oxygen atoms in total. The standard InChI is InChI=1S/C17H20BrN3O/c18-15-7-21-9-19-20-17(21)6-16(15)22-8-10-3-13-11-1-2-12(5-11)14(13)4-10/h6-7,9-14H,1-5,8H2/t10?,11-,12+,13+,14-. The van der Waals surface area contributed by atoms with Gasteiger partial charge in [-0.25, -0.2) is 0 Å². The van der Waals surface area contributed by atoms with E-state index in [1.54, 1.807) is 6.33 Å². The van der Waals surface area contributed by atoms with Crippen molar-refractivity contribution < 1.29 is 4.74 Å². The molecule has 2 aromatic heterocycles. The van der Waals surface area contributed by atoms with E-state index in [1.165, 1.54) is 32.1 Å². The van der Waals surface area contributed by atoms with Gasteiger partial charge in [0.1, 0.15) is 12.1 Å². The number of hydrogen-bond donors (Lipinski definition) is 0. The third kappa shape index (κ3) is 2.01. The van der Waals surface area contributed by atoms with Gasteiger partial charge in [0.2, 0.25) is 0 Å². The summed E-state index contributed by atoms with van der Waals surface area (Å²) in [4.78, 5) is 0. The molecule has 0 saturated heterocycles. The summed E-state index contributed by atoms with van der Waals surface area (Å²) < 4.78 is 8.99. The molecule has 1 unspecified atom stereocenters. The number of hydrogen-bond acceptors (Lipinski definition) is 3. The molecule has 0 radical (unpaired) electrons. The van der Waals surface area contributed by atoms with Crippen LogP contribution in [0.5, 0.6) is 5.75 Å². The Kier molecular flexibility index (Phi) is 3.00. The molecule has 3 fully saturated rings. The van der Waals surface area contributed by atoms with Crippen molar-refractivity contribution in [2.45, 2.75) is 32.1 Å². The molecule has 0 aliphatic heterocycles. The van der Waals surface area contributed by atoms with E-state index in [-0.39, 0.29) is 0 Å². The van der Waals surface area contributed by atoms with E-state index in [0.717, 1.165) is 52.1 Å². The van der Waals surface area contributed by atoms with Crippen molar-refractivity contribution in [1.82, 2.24) is 14.6 Å². The lowest BCUT2D eigenvalue weighted by molar-refractivity contribution is 0.238. The zero-order valence-corrected chi connectivity index (χ0v) is 14.1. The van der Waals surface area contributed by atoms with Crippen LogP contribution < -0.4 is 4.74 Å². The van der Waals surface area contributed by atoms with Crippen molar-refractivity contribution in [3.05, 3.63) is 23.1 Å². The lowest BCUT2D eigenvalue weighted by atomic mass is 9.82. The van der Waals surface area contributed by atoms with E-state index in [0.29, 0.717) is 0 Å². The van der Waals surface area contributed by atoms with Crippen LogP contribution in [0.1, 0.15) is 32.1 Å². The third-order valence-corrected chi connectivity index (χ3v) is 6.90. The van der Waals surface area contributed by atoms with Gasteiger partial charge < -0.3 is 4.74 Å². The molecule has 0 amide bonds. The number of pyridine rings is 1. The van der Waals surface area contributed by atoms with Gasteiger partial charge in [-0.15, -0.1) is 10.2 Å². The van der Waals surface area contributed by atoms with Gasteiger partial charge in [0.25, 0.3) is 0 Å². The van der Waals surface area contributed by atoms with Crippen molar-refractivity contribution >= 4 is 21.6 Å². The number of halogens is 1. The summed E-state index contributed by atoms with van der Waals surface area (Å²) >= 11 is 3.59. The fourth-order valence-electron chi connectivity index (χ4n) is 5.41. The SMILES string of the molecule is Brc1cn2cnnc2cc1OCC1C[C@@H]2[C@H]3CC[C@H](C3)[C@@H]2C1. The van der Waals surface area contributed by atoms with Gasteiger partial charge in [-0.05, 0) is 77.6 Å². The minimum atomic E-state index is 0.736. The number of aromatic nitrogens is 3. The second kappa shape index (κ2) is 4.95. The van der Waals surface area contributed by atoms with Gasteiger partial charge in [0.05, 0.1) is 11.1 Å². The van der Waals surface area contributed by atoms with Crippen LogP contribution in [-0.4, -0.2) is 21.2 Å². The normalized spacial score (nSPS) is 36.1. The van der Waals surface area contributed by atoms with Gasteiger partial charge in [0, 0.05) is 12.3 Å². The predicted molar refractivity (Wildman–Crippen MR) is 86.7 cm³/mol. The van der Waals surface area contributed by atoms with Gasteiger partial charge in [0.15, 0.2) is 5.65 Å². The molecular weight excluding hydrogens is 342 g/mol. The van der Waals surface area contributed by atoms with Crippen molar-refractivity contribution in [2.75, 3.05) is 6.61 Å². The Morgan fingerprint density at radius 3 is 2.73 bits per heavy atom. The van der Waals surface area contributed by atoms with Crippen molar-refractivity contribution in [3.8, 4) is 5.75 Å². The minimum Gasteiger partial charge on any atom is -0.492 e. The highest BCUT2D eigenvalue weighted by atomic mass is 79.9. The lowest BCUT2D eigenvalue weighted by Gasteiger charge is -2.23. The molecule has 0 N–H and O–H groups in total. The van der Waals surface area contributed by atoms with Crippen molar-refractivity contribution in [3.63, 3.8) is 0 Å². The van der Waals surface area contributed by atoms with Gasteiger partial charge in [-0.1, -0.05) is 0 Å². The van der Waals surface area contributed by atoms with E-state index in [1.807, 2.05) is 16.7 Å². The maximum absolute atomic E-state index is 6.13. The van der Waals surface area contributed by atoms with E-state index < -0.39 is 0 Å². The molecule has 22 heavy (non-hydrogen) atoms. The average Bonchev–Trinajstić information content (AvgIpc) is 3.25. The minimum absolute atomic E-state index is 0.736. The maximum atomic E-state index is 6.13. The lowest BCUT2D eigenvalue weighted by Crippen LogP contribution is -2.15. The Hall–Kier alpha value is -1.10. The maximum Gasteiger partial charge on any atom is 0.164 e. The fraction of sp³-hybridized carbons (Fsp3) is 0.647. The Balaban J connectivity index is 1.28. The van der Waals surface area contributed by atoms with Crippen molar-refractivity contribution in [2.24, 2.45) is 29.6 Å². The van der Waals surface area contributed by atoms with E-state index in [4.69, 9.17) is 4.74 Å². The fourth-order valence-corrected chi connectivity index (χ4v) is 5.86. The Morgan fingerprint density at radius 1 is 1.18 bits per heavy atom. The second-order valence-electron chi connectivity index (χ2n) is 7.39. The van der Waals surface area contributed by atoms with Crippen LogP contribution in [-0.2, 0) is 0 Å². The summed E-state index contributed by atoms with van der Waals surface area (Å²) in [6.07, 6.45) is 11.0. The van der Waals surface area contributed by atoms with Gasteiger partial charge >= 0.3 is 0 Å². The highest BCUT2D eigenvalue weighted by molar-refractivity contribution is 9.10. The third-order valence-electron chi connectivity index (χ3n) is 6.31. The first-order valence-electron chi connectivity index (χ1n) is 8.39. The molecule has 3 saturated carbocycles. The van der Waals surface area contributed by atoms with E-state index in [2.05, 4.69) is 26.1 Å². The number of fused-ring (bicyclic) bond motifs is 6. The van der Waals surface area contributed by atoms with Gasteiger partial charge in [-0.2, -0.15) is 0 Å². The van der Waals surface area contributed by atoms with Crippen LogP contribution in [0.4, 0.5) is 0 Å². The molecule has 5 rings (SSSR count). The Morgan fingerprint density at radius 2 is 1.95 bits per heavy atom. The summed E-state index contributed by atoms with van der Waals surface area (Å²) in [7, 11) is 0. The smallest absolute Gasteiger partial charge is 0.164 e. The highest BCUT2D eigenvalue weighted by Gasteiger charge is 2.51. The zero-order valence-electron chi connectivity index (χ0n) is 12.5. The summed E-state index contributed by atoms with van der Waals surface area (Å²) in [5.41, 5.74) is 0.833. The van der Waals surface area contributed by atoms with Crippen LogP contribution in [0, 0.1) is 29.6 Å². The number of ether oxygens (including phenoxy) is 1. The van der Waals surface area contributed by atoms with Crippen LogP contribution in [0.3, 0.4) is 0 Å². The zero-order chi connectivity index (χ0) is 14.7. The molecule has 2 aromatic rings. The molecule has 2 heterocycles. The van der Waals surface area contributed by atoms with Crippen LogP contribution in [0.15, 0.2) is 23.1 Å². The monoisotopic (exact) mass is 361 g/mol. The second-order valence-corrected chi connectivity index (χ2v) is 8.25. The molecule has 0 spiro atoms. The topological polar surface area (TPSA) is 39.4 Å². The quantitative estimate of drug-likeness (QED) is 0.830. The first-order chi connectivity index (χ1) is 10.8. The predicted octanol–water partition coefficient (Wildman–Crippen LogP) is 3.94. The van der Waals surface area contributed by atoms with Crippen molar-refractivity contribution in [1.29, 1.82) is 0 Å². The largest absolute Gasteiger partial charge is 0.492 e. The average molecular weight is 362 g/mol. The van der Waals surface area contributed by atoms with E-state index >= 15 is 0 Å². The van der Waals surface area contributed by atoms with Gasteiger partial charge in [-0.3, -0.25) is 4.40 Å². The van der Waals surface area contributed by atoms with Crippen LogP contribution >= 0.6 is 15.9 Å².